The minimum absolute atomic E-state index is 0.337. The molecule has 2 aromatic rings. The third-order valence-electron chi connectivity index (χ3n) is 4.03. The van der Waals surface area contributed by atoms with Crippen molar-refractivity contribution in [2.75, 3.05) is 5.32 Å². The Labute approximate surface area is 129 Å². The molecule has 2 aromatic carbocycles. The van der Waals surface area contributed by atoms with Crippen LogP contribution < -0.4 is 11.1 Å². The summed E-state index contributed by atoms with van der Waals surface area (Å²) in [4.78, 5) is 12.1. The van der Waals surface area contributed by atoms with Crippen molar-refractivity contribution in [3.8, 4) is 0 Å². The molecule has 0 saturated carbocycles. The van der Waals surface area contributed by atoms with Crippen LogP contribution in [0.5, 0.6) is 0 Å². The highest BCUT2D eigenvalue weighted by atomic mass is 35.5. The lowest BCUT2D eigenvalue weighted by molar-refractivity contribution is -0.122. The highest BCUT2D eigenvalue weighted by molar-refractivity contribution is 6.30. The van der Waals surface area contributed by atoms with Crippen molar-refractivity contribution in [1.82, 2.24) is 0 Å². The molecule has 108 valence electrons. The fourth-order valence-corrected chi connectivity index (χ4v) is 3.16. The summed E-state index contributed by atoms with van der Waals surface area (Å²) in [7, 11) is 0. The lowest BCUT2D eigenvalue weighted by Gasteiger charge is -2.28. The molecule has 0 aromatic heterocycles. The van der Waals surface area contributed by atoms with E-state index in [9.17, 15) is 4.79 Å². The highest BCUT2D eigenvalue weighted by Crippen LogP contribution is 2.34. The molecular weight excluding hydrogens is 284 g/mol. The molecule has 0 aliphatic heterocycles. The number of hydrogen-bond donors (Lipinski definition) is 2. The van der Waals surface area contributed by atoms with Gasteiger partial charge in [-0.3, -0.25) is 4.79 Å². The van der Waals surface area contributed by atoms with Crippen LogP contribution in [0.1, 0.15) is 16.7 Å². The van der Waals surface area contributed by atoms with Gasteiger partial charge >= 0.3 is 0 Å². The summed E-state index contributed by atoms with van der Waals surface area (Å²) >= 11 is 6.04. The molecule has 3 rings (SSSR count). The lowest BCUT2D eigenvalue weighted by Crippen LogP contribution is -2.51. The number of fused-ring (bicyclic) bond motifs is 1. The summed E-state index contributed by atoms with van der Waals surface area (Å²) in [5.41, 5.74) is 9.18. The molecular formula is C17H17ClN2O. The van der Waals surface area contributed by atoms with Gasteiger partial charge in [0.05, 0.1) is 0 Å². The van der Waals surface area contributed by atoms with Crippen molar-refractivity contribution in [1.29, 1.82) is 0 Å². The van der Waals surface area contributed by atoms with Crippen LogP contribution in [0.25, 0.3) is 0 Å². The first kappa shape index (κ1) is 14.0. The van der Waals surface area contributed by atoms with E-state index in [1.807, 2.05) is 49.4 Å². The van der Waals surface area contributed by atoms with E-state index in [0.29, 0.717) is 17.9 Å². The lowest BCUT2D eigenvalue weighted by atomic mass is 9.94. The number of benzene rings is 2. The molecule has 1 unspecified atom stereocenters. The number of aryl methyl sites for hydroxylation is 1. The smallest absolute Gasteiger partial charge is 0.243 e. The van der Waals surface area contributed by atoms with Gasteiger partial charge in [0, 0.05) is 23.6 Å². The molecule has 4 heteroatoms. The molecule has 0 saturated heterocycles. The van der Waals surface area contributed by atoms with Crippen molar-refractivity contribution in [2.24, 2.45) is 5.73 Å². The molecule has 0 fully saturated rings. The van der Waals surface area contributed by atoms with E-state index in [4.69, 9.17) is 17.3 Å². The van der Waals surface area contributed by atoms with Crippen molar-refractivity contribution < 1.29 is 4.79 Å². The first-order valence-electron chi connectivity index (χ1n) is 6.91. The first-order chi connectivity index (χ1) is 9.98. The summed E-state index contributed by atoms with van der Waals surface area (Å²) in [5.74, 6) is -0.337. The van der Waals surface area contributed by atoms with E-state index < -0.39 is 5.54 Å². The van der Waals surface area contributed by atoms with Crippen LogP contribution in [0.15, 0.2) is 42.5 Å². The fourth-order valence-electron chi connectivity index (χ4n) is 2.97. The molecule has 21 heavy (non-hydrogen) atoms. The molecule has 3 N–H and O–H groups in total. The van der Waals surface area contributed by atoms with Crippen molar-refractivity contribution >= 4 is 23.2 Å². The van der Waals surface area contributed by atoms with Gasteiger partial charge in [0.25, 0.3) is 0 Å². The van der Waals surface area contributed by atoms with Gasteiger partial charge in [-0.15, -0.1) is 0 Å². The fraction of sp³-hybridized carbons (Fsp3) is 0.235. The van der Waals surface area contributed by atoms with Crippen LogP contribution >= 0.6 is 11.6 Å². The number of nitrogens with two attached hydrogens (primary N) is 1. The average Bonchev–Trinajstić information content (AvgIpc) is 2.77. The topological polar surface area (TPSA) is 55.1 Å². The Hall–Kier alpha value is -2.00. The summed E-state index contributed by atoms with van der Waals surface area (Å²) in [6, 6.07) is 13.7. The van der Waals surface area contributed by atoms with Crippen LogP contribution in [0.2, 0.25) is 5.02 Å². The summed E-state index contributed by atoms with van der Waals surface area (Å²) in [5, 5.41) is 4.03. The number of hydrogen-bond acceptors (Lipinski definition) is 2. The summed E-state index contributed by atoms with van der Waals surface area (Å²) in [6.07, 6.45) is 1.15. The molecule has 3 nitrogen and oxygen atoms in total. The number of amides is 1. The molecule has 1 aliphatic carbocycles. The molecule has 1 amide bonds. The number of rotatable bonds is 3. The van der Waals surface area contributed by atoms with Crippen molar-refractivity contribution in [3.05, 3.63) is 64.2 Å². The van der Waals surface area contributed by atoms with Crippen LogP contribution in [-0.2, 0) is 17.6 Å². The van der Waals surface area contributed by atoms with Gasteiger partial charge in [0.1, 0.15) is 5.54 Å². The molecule has 1 aliphatic rings. The predicted molar refractivity (Wildman–Crippen MR) is 85.6 cm³/mol. The normalized spacial score (nSPS) is 20.1. The standard InChI is InChI=1S/C17H17ClN2O/c1-11-3-2-4-15(7-11)20-17(16(19)21)9-12-5-6-14(18)8-13(12)10-17/h2-8,20H,9-10H2,1H3,(H2,19,21). The van der Waals surface area contributed by atoms with Gasteiger partial charge < -0.3 is 11.1 Å². The van der Waals surface area contributed by atoms with Crippen LogP contribution in [-0.4, -0.2) is 11.4 Å². The van der Waals surface area contributed by atoms with Gasteiger partial charge in [-0.25, -0.2) is 0 Å². The number of halogens is 1. The van der Waals surface area contributed by atoms with Gasteiger partial charge in [0.15, 0.2) is 0 Å². The average molecular weight is 301 g/mol. The molecule has 0 radical (unpaired) electrons. The van der Waals surface area contributed by atoms with E-state index in [1.54, 1.807) is 0 Å². The number of anilines is 1. The zero-order valence-electron chi connectivity index (χ0n) is 11.8. The van der Waals surface area contributed by atoms with E-state index in [-0.39, 0.29) is 5.91 Å². The van der Waals surface area contributed by atoms with Crippen molar-refractivity contribution in [3.63, 3.8) is 0 Å². The quantitative estimate of drug-likeness (QED) is 0.915. The Kier molecular flexibility index (Phi) is 3.38. The Morgan fingerprint density at radius 2 is 1.95 bits per heavy atom. The second-order valence-electron chi connectivity index (χ2n) is 5.71. The Balaban J connectivity index is 1.95. The molecule has 1 atom stereocenters. The Bertz CT molecular complexity index is 714. The Morgan fingerprint density at radius 3 is 2.67 bits per heavy atom. The number of primary amides is 1. The second-order valence-corrected chi connectivity index (χ2v) is 6.14. The minimum Gasteiger partial charge on any atom is -0.371 e. The van der Waals surface area contributed by atoms with Crippen LogP contribution in [0, 0.1) is 6.92 Å². The molecule has 0 spiro atoms. The third kappa shape index (κ3) is 2.61. The minimum atomic E-state index is -0.777. The van der Waals surface area contributed by atoms with Gasteiger partial charge in [-0.1, -0.05) is 29.8 Å². The van der Waals surface area contributed by atoms with Crippen LogP contribution in [0.4, 0.5) is 5.69 Å². The Morgan fingerprint density at radius 1 is 1.19 bits per heavy atom. The van der Waals surface area contributed by atoms with E-state index in [1.165, 1.54) is 0 Å². The van der Waals surface area contributed by atoms with Crippen molar-refractivity contribution in [2.45, 2.75) is 25.3 Å². The highest BCUT2D eigenvalue weighted by Gasteiger charge is 2.42. The monoisotopic (exact) mass is 300 g/mol. The molecule has 0 bridgehead atoms. The zero-order valence-corrected chi connectivity index (χ0v) is 12.6. The number of carbonyl (C=O) groups excluding carboxylic acids is 1. The second kappa shape index (κ2) is 5.08. The molecule has 0 heterocycles. The van der Waals surface area contributed by atoms with Crippen LogP contribution in [0.3, 0.4) is 0 Å². The maximum absolute atomic E-state index is 12.1. The predicted octanol–water partition coefficient (Wildman–Crippen LogP) is 3.08. The maximum atomic E-state index is 12.1. The van der Waals surface area contributed by atoms with E-state index >= 15 is 0 Å². The largest absolute Gasteiger partial charge is 0.371 e. The zero-order chi connectivity index (χ0) is 15.0. The SMILES string of the molecule is Cc1cccc(NC2(C(N)=O)Cc3ccc(Cl)cc3C2)c1. The number of carbonyl (C=O) groups is 1. The van der Waals surface area contributed by atoms with E-state index in [0.717, 1.165) is 22.4 Å². The summed E-state index contributed by atoms with van der Waals surface area (Å²) < 4.78 is 0. The maximum Gasteiger partial charge on any atom is 0.243 e. The summed E-state index contributed by atoms with van der Waals surface area (Å²) in [6.45, 7) is 2.02. The van der Waals surface area contributed by atoms with Gasteiger partial charge in [-0.2, -0.15) is 0 Å². The van der Waals surface area contributed by atoms with Gasteiger partial charge in [-0.05, 0) is 47.9 Å². The first-order valence-corrected chi connectivity index (χ1v) is 7.28. The number of nitrogens with one attached hydrogen (secondary N) is 1. The van der Waals surface area contributed by atoms with Gasteiger partial charge in [0.2, 0.25) is 5.91 Å². The van der Waals surface area contributed by atoms with E-state index in [2.05, 4.69) is 5.32 Å². The third-order valence-corrected chi connectivity index (χ3v) is 4.26.